The number of carbonyl (C=O) groups is 2. The van der Waals surface area contributed by atoms with Gasteiger partial charge in [-0.25, -0.2) is 9.88 Å². The summed E-state index contributed by atoms with van der Waals surface area (Å²) in [6.07, 6.45) is 0. The fraction of sp³-hybridized carbons (Fsp3) is 0. The number of halogens is 1. The van der Waals surface area contributed by atoms with Crippen molar-refractivity contribution in [3.8, 4) is 0 Å². The molecule has 0 saturated carbocycles. The van der Waals surface area contributed by atoms with Crippen molar-refractivity contribution in [1.82, 2.24) is 4.98 Å². The van der Waals surface area contributed by atoms with Crippen LogP contribution in [0.1, 0.15) is 20.7 Å². The number of amides is 2. The van der Waals surface area contributed by atoms with Crippen molar-refractivity contribution in [2.24, 2.45) is 0 Å². The maximum Gasteiger partial charge on any atom is 0.266 e. The van der Waals surface area contributed by atoms with E-state index in [2.05, 4.69) is 5.32 Å². The molecule has 0 fully saturated rings. The summed E-state index contributed by atoms with van der Waals surface area (Å²) in [5.41, 5.74) is 4.78. The van der Waals surface area contributed by atoms with Crippen molar-refractivity contribution in [2.45, 2.75) is 0 Å². The van der Waals surface area contributed by atoms with Crippen LogP contribution in [0.5, 0.6) is 0 Å². The van der Waals surface area contributed by atoms with Crippen LogP contribution in [0, 0.1) is 0 Å². The fourth-order valence-electron chi connectivity index (χ4n) is 4.26. The molecule has 0 unspecified atom stereocenters. The van der Waals surface area contributed by atoms with Gasteiger partial charge in [-0.2, -0.15) is 0 Å². The molecule has 2 amide bonds. The van der Waals surface area contributed by atoms with Crippen molar-refractivity contribution in [2.75, 3.05) is 10.2 Å². The normalized spacial score (nSPS) is 13.1. The second-order valence-corrected chi connectivity index (χ2v) is 8.27. The summed E-state index contributed by atoms with van der Waals surface area (Å²) in [6.45, 7) is 0. The Kier molecular flexibility index (Phi) is 4.38. The Balaban J connectivity index is 1.38. The van der Waals surface area contributed by atoms with Crippen molar-refractivity contribution in [3.05, 3.63) is 107 Å². The van der Waals surface area contributed by atoms with E-state index >= 15 is 0 Å². The lowest BCUT2D eigenvalue weighted by atomic mass is 10.1. The molecular weight excluding hydrogens is 434 g/mol. The van der Waals surface area contributed by atoms with Crippen molar-refractivity contribution >= 4 is 62.3 Å². The summed E-state index contributed by atoms with van der Waals surface area (Å²) in [7, 11) is 0. The molecule has 1 aliphatic heterocycles. The first-order valence-electron chi connectivity index (χ1n) is 10.4. The molecule has 1 aliphatic rings. The maximum absolute atomic E-state index is 12.8. The van der Waals surface area contributed by atoms with Crippen LogP contribution >= 0.6 is 11.6 Å². The van der Waals surface area contributed by atoms with Crippen LogP contribution in [-0.4, -0.2) is 16.8 Å². The molecule has 0 atom stereocenters. The number of nitrogens with one attached hydrogen (secondary N) is 1. The van der Waals surface area contributed by atoms with Gasteiger partial charge in [-0.3, -0.25) is 9.59 Å². The average molecular weight is 450 g/mol. The number of fused-ring (bicyclic) bond motifs is 3. The smallest absolute Gasteiger partial charge is 0.266 e. The van der Waals surface area contributed by atoms with E-state index < -0.39 is 0 Å². The number of carbonyl (C=O) groups excluding carboxylic acids is 2. The van der Waals surface area contributed by atoms with E-state index in [1.165, 1.54) is 4.90 Å². The van der Waals surface area contributed by atoms with Gasteiger partial charge in [-0.15, -0.1) is 0 Å². The topological polar surface area (TPSA) is 62.3 Å². The standard InChI is InChI=1S/C27H16ClN3O2/c28-16-9-14-22-24(15-16)30-23-8-4-3-7-21(23)25(22)29-17-10-12-18(13-11-17)31-26(32)19-5-1-2-6-20(19)27(31)33/h1-15H,(H,29,30). The van der Waals surface area contributed by atoms with Gasteiger partial charge in [-0.1, -0.05) is 41.9 Å². The third-order valence-electron chi connectivity index (χ3n) is 5.83. The lowest BCUT2D eigenvalue weighted by Gasteiger charge is -2.16. The average Bonchev–Trinajstić information content (AvgIpc) is 3.09. The number of hydrogen-bond donors (Lipinski definition) is 1. The van der Waals surface area contributed by atoms with Crippen LogP contribution in [0.25, 0.3) is 21.8 Å². The highest BCUT2D eigenvalue weighted by molar-refractivity contribution is 6.34. The SMILES string of the molecule is O=C1c2ccccc2C(=O)N1c1ccc(Nc2c3ccccc3nc3cc(Cl)ccc23)cc1. The largest absolute Gasteiger partial charge is 0.354 e. The van der Waals surface area contributed by atoms with E-state index in [1.807, 2.05) is 54.6 Å². The molecule has 1 aromatic heterocycles. The molecule has 6 rings (SSSR count). The molecule has 0 spiro atoms. The Morgan fingerprint density at radius 2 is 1.33 bits per heavy atom. The molecule has 0 aliphatic carbocycles. The fourth-order valence-corrected chi connectivity index (χ4v) is 4.43. The molecule has 5 aromatic rings. The van der Waals surface area contributed by atoms with Gasteiger partial charge in [0.05, 0.1) is 33.5 Å². The van der Waals surface area contributed by atoms with Gasteiger partial charge in [0, 0.05) is 21.5 Å². The lowest BCUT2D eigenvalue weighted by Crippen LogP contribution is -2.29. The number of para-hydroxylation sites is 1. The number of anilines is 3. The van der Waals surface area contributed by atoms with Crippen molar-refractivity contribution < 1.29 is 9.59 Å². The molecule has 4 aromatic carbocycles. The molecule has 0 radical (unpaired) electrons. The highest BCUT2D eigenvalue weighted by atomic mass is 35.5. The van der Waals surface area contributed by atoms with Crippen molar-refractivity contribution in [1.29, 1.82) is 0 Å². The van der Waals surface area contributed by atoms with Crippen LogP contribution in [0.3, 0.4) is 0 Å². The third-order valence-corrected chi connectivity index (χ3v) is 6.07. The zero-order valence-corrected chi connectivity index (χ0v) is 18.0. The zero-order valence-electron chi connectivity index (χ0n) is 17.2. The second kappa shape index (κ2) is 7.43. The predicted octanol–water partition coefficient (Wildman–Crippen LogP) is 6.59. The highest BCUT2D eigenvalue weighted by Crippen LogP contribution is 2.35. The van der Waals surface area contributed by atoms with Gasteiger partial charge in [0.1, 0.15) is 0 Å². The molecule has 2 heterocycles. The van der Waals surface area contributed by atoms with Gasteiger partial charge in [0.15, 0.2) is 0 Å². The first-order valence-corrected chi connectivity index (χ1v) is 10.8. The lowest BCUT2D eigenvalue weighted by molar-refractivity contribution is 0.0926. The molecule has 1 N–H and O–H groups in total. The highest BCUT2D eigenvalue weighted by Gasteiger charge is 2.36. The number of benzene rings is 4. The Morgan fingerprint density at radius 1 is 0.697 bits per heavy atom. The van der Waals surface area contributed by atoms with Crippen LogP contribution < -0.4 is 10.2 Å². The molecule has 0 saturated heterocycles. The second-order valence-electron chi connectivity index (χ2n) is 7.83. The van der Waals surface area contributed by atoms with Gasteiger partial charge in [-0.05, 0) is 60.7 Å². The van der Waals surface area contributed by atoms with Gasteiger partial charge in [0.2, 0.25) is 0 Å². The molecule has 5 nitrogen and oxygen atoms in total. The number of imide groups is 1. The van der Waals surface area contributed by atoms with Crippen molar-refractivity contribution in [3.63, 3.8) is 0 Å². The number of aromatic nitrogens is 1. The van der Waals surface area contributed by atoms with E-state index in [-0.39, 0.29) is 11.8 Å². The van der Waals surface area contributed by atoms with Crippen LogP contribution in [-0.2, 0) is 0 Å². The van der Waals surface area contributed by atoms with E-state index in [4.69, 9.17) is 16.6 Å². The number of hydrogen-bond acceptors (Lipinski definition) is 4. The first kappa shape index (κ1) is 19.5. The quantitative estimate of drug-likeness (QED) is 0.249. The Bertz CT molecular complexity index is 1560. The summed E-state index contributed by atoms with van der Waals surface area (Å²) in [6, 6.07) is 27.7. The minimum absolute atomic E-state index is 0.306. The summed E-state index contributed by atoms with van der Waals surface area (Å²) < 4.78 is 0. The van der Waals surface area contributed by atoms with Crippen LogP contribution in [0.15, 0.2) is 91.0 Å². The van der Waals surface area contributed by atoms with Crippen LogP contribution in [0.2, 0.25) is 5.02 Å². The van der Waals surface area contributed by atoms with E-state index in [1.54, 1.807) is 36.4 Å². The molecule has 33 heavy (non-hydrogen) atoms. The van der Waals surface area contributed by atoms with Gasteiger partial charge >= 0.3 is 0 Å². The van der Waals surface area contributed by atoms with E-state index in [0.717, 1.165) is 33.2 Å². The van der Waals surface area contributed by atoms with Gasteiger partial charge in [0.25, 0.3) is 11.8 Å². The molecule has 6 heteroatoms. The van der Waals surface area contributed by atoms with E-state index in [9.17, 15) is 9.59 Å². The monoisotopic (exact) mass is 449 g/mol. The molecule has 158 valence electrons. The minimum Gasteiger partial charge on any atom is -0.354 e. The minimum atomic E-state index is -0.306. The molecular formula is C27H16ClN3O2. The summed E-state index contributed by atoms with van der Waals surface area (Å²) >= 11 is 6.20. The zero-order chi connectivity index (χ0) is 22.5. The third kappa shape index (κ3) is 3.13. The Labute approximate surface area is 194 Å². The summed E-state index contributed by atoms with van der Waals surface area (Å²) in [5.74, 6) is -0.612. The van der Waals surface area contributed by atoms with Gasteiger partial charge < -0.3 is 5.32 Å². The number of nitrogens with zero attached hydrogens (tertiary/aromatic N) is 2. The number of rotatable bonds is 3. The predicted molar refractivity (Wildman–Crippen MR) is 132 cm³/mol. The Hall–Kier alpha value is -4.22. The maximum atomic E-state index is 12.8. The Morgan fingerprint density at radius 3 is 2.06 bits per heavy atom. The summed E-state index contributed by atoms with van der Waals surface area (Å²) in [5, 5.41) is 6.05. The summed E-state index contributed by atoms with van der Waals surface area (Å²) in [4.78, 5) is 31.5. The first-order chi connectivity index (χ1) is 16.1. The number of pyridine rings is 1. The molecule has 0 bridgehead atoms. The van der Waals surface area contributed by atoms with E-state index in [0.29, 0.717) is 21.8 Å². The van der Waals surface area contributed by atoms with Crippen LogP contribution in [0.4, 0.5) is 17.1 Å².